The highest BCUT2D eigenvalue weighted by molar-refractivity contribution is 5.74. The molecule has 0 aromatic carbocycles. The summed E-state index contributed by atoms with van der Waals surface area (Å²) >= 11 is 0. The van der Waals surface area contributed by atoms with Crippen molar-refractivity contribution in [3.8, 4) is 5.88 Å². The Morgan fingerprint density at radius 2 is 2.30 bits per heavy atom. The molecule has 0 saturated carbocycles. The number of carbonyl (C=O) groups is 1. The van der Waals surface area contributed by atoms with Gasteiger partial charge in [-0.1, -0.05) is 13.0 Å². The normalized spacial score (nSPS) is 11.8. The quantitative estimate of drug-likeness (QED) is 0.749. The first-order valence-corrected chi connectivity index (χ1v) is 6.75. The molecule has 0 saturated heterocycles. The van der Waals surface area contributed by atoms with Crippen molar-refractivity contribution in [3.63, 3.8) is 0 Å². The molecular formula is C14H24N4O2. The Kier molecular flexibility index (Phi) is 6.09. The number of methoxy groups -OCH3 is 1. The Labute approximate surface area is 120 Å². The van der Waals surface area contributed by atoms with Gasteiger partial charge in [-0.2, -0.15) is 5.10 Å². The highest BCUT2D eigenvalue weighted by atomic mass is 16.5. The number of hydrogen-bond acceptors (Lipinski definition) is 3. The van der Waals surface area contributed by atoms with Gasteiger partial charge in [-0.25, -0.2) is 9.48 Å². The summed E-state index contributed by atoms with van der Waals surface area (Å²) in [7, 11) is 3.41. The van der Waals surface area contributed by atoms with Crippen LogP contribution in [0.5, 0.6) is 5.88 Å². The van der Waals surface area contributed by atoms with Crippen LogP contribution >= 0.6 is 0 Å². The minimum Gasteiger partial charge on any atom is -0.481 e. The van der Waals surface area contributed by atoms with Gasteiger partial charge in [0.2, 0.25) is 5.88 Å². The summed E-state index contributed by atoms with van der Waals surface area (Å²) in [5, 5.41) is 10.0. The lowest BCUT2D eigenvalue weighted by atomic mass is 10.1. The predicted molar refractivity (Wildman–Crippen MR) is 78.8 cm³/mol. The second-order valence-corrected chi connectivity index (χ2v) is 4.65. The van der Waals surface area contributed by atoms with E-state index in [1.54, 1.807) is 11.8 Å². The molecular weight excluding hydrogens is 256 g/mol. The van der Waals surface area contributed by atoms with E-state index in [9.17, 15) is 4.79 Å². The van der Waals surface area contributed by atoms with E-state index in [0.29, 0.717) is 12.4 Å². The van der Waals surface area contributed by atoms with Crippen LogP contribution in [-0.2, 0) is 13.6 Å². The first-order valence-electron chi connectivity index (χ1n) is 6.75. The Balaban J connectivity index is 2.59. The summed E-state index contributed by atoms with van der Waals surface area (Å²) < 4.78 is 6.95. The molecule has 0 spiro atoms. The zero-order chi connectivity index (χ0) is 15.1. The third kappa shape index (κ3) is 4.01. The lowest BCUT2D eigenvalue weighted by molar-refractivity contribution is 0.236. The van der Waals surface area contributed by atoms with Crippen molar-refractivity contribution in [1.29, 1.82) is 0 Å². The molecule has 0 aliphatic carbocycles. The molecule has 6 nitrogen and oxygen atoms in total. The number of rotatable bonds is 7. The van der Waals surface area contributed by atoms with E-state index in [-0.39, 0.29) is 12.1 Å². The molecule has 0 radical (unpaired) electrons. The standard InChI is InChI=1S/C14H24N4O2/c1-6-8-11(7-2)16-14(19)15-9-12-10(3)17-18(4)13(12)20-5/h6,11H,1,7-9H2,2-5H3,(H2,15,16,19). The maximum Gasteiger partial charge on any atom is 0.315 e. The molecule has 2 amide bonds. The van der Waals surface area contributed by atoms with Gasteiger partial charge in [-0.3, -0.25) is 0 Å². The van der Waals surface area contributed by atoms with Gasteiger partial charge in [0.1, 0.15) is 0 Å². The molecule has 1 aromatic rings. The van der Waals surface area contributed by atoms with E-state index in [4.69, 9.17) is 4.74 Å². The molecule has 0 bridgehead atoms. The lowest BCUT2D eigenvalue weighted by Gasteiger charge is -2.15. The molecule has 0 aliphatic rings. The molecule has 6 heteroatoms. The molecule has 2 N–H and O–H groups in total. The Morgan fingerprint density at radius 3 is 2.85 bits per heavy atom. The van der Waals surface area contributed by atoms with Gasteiger partial charge in [0.25, 0.3) is 0 Å². The van der Waals surface area contributed by atoms with E-state index in [1.165, 1.54) is 0 Å². The maximum absolute atomic E-state index is 11.9. The van der Waals surface area contributed by atoms with Crippen LogP contribution in [0.3, 0.4) is 0 Å². The largest absolute Gasteiger partial charge is 0.481 e. The first-order chi connectivity index (χ1) is 9.53. The number of nitrogens with zero attached hydrogens (tertiary/aromatic N) is 2. The molecule has 1 heterocycles. The fourth-order valence-corrected chi connectivity index (χ4v) is 2.07. The molecule has 0 aliphatic heterocycles. The average Bonchev–Trinajstić information content (AvgIpc) is 2.69. The summed E-state index contributed by atoms with van der Waals surface area (Å²) in [6, 6.07) is -0.0756. The van der Waals surface area contributed by atoms with Gasteiger partial charge in [0, 0.05) is 13.1 Å². The number of aryl methyl sites for hydroxylation is 2. The average molecular weight is 280 g/mol. The number of amides is 2. The Morgan fingerprint density at radius 1 is 1.60 bits per heavy atom. The van der Waals surface area contributed by atoms with E-state index in [0.717, 1.165) is 24.1 Å². The summed E-state index contributed by atoms with van der Waals surface area (Å²) in [5.74, 6) is 0.668. The summed E-state index contributed by atoms with van der Waals surface area (Å²) in [5.41, 5.74) is 1.74. The summed E-state index contributed by atoms with van der Waals surface area (Å²) in [6.07, 6.45) is 3.44. The predicted octanol–water partition coefficient (Wildman–Crippen LogP) is 1.89. The fraction of sp³-hybridized carbons (Fsp3) is 0.571. The fourth-order valence-electron chi connectivity index (χ4n) is 2.07. The number of hydrogen-bond donors (Lipinski definition) is 2. The van der Waals surface area contributed by atoms with Crippen LogP contribution in [0.1, 0.15) is 31.0 Å². The first kappa shape index (κ1) is 16.1. The van der Waals surface area contributed by atoms with E-state index in [1.807, 2.05) is 27.0 Å². The van der Waals surface area contributed by atoms with Crippen molar-refractivity contribution in [2.75, 3.05) is 7.11 Å². The summed E-state index contributed by atoms with van der Waals surface area (Å²) in [6.45, 7) is 8.00. The van der Waals surface area contributed by atoms with Crippen molar-refractivity contribution in [3.05, 3.63) is 23.9 Å². The topological polar surface area (TPSA) is 68.2 Å². The van der Waals surface area contributed by atoms with Crippen LogP contribution < -0.4 is 15.4 Å². The summed E-state index contributed by atoms with van der Waals surface area (Å²) in [4.78, 5) is 11.9. The van der Waals surface area contributed by atoms with Gasteiger partial charge >= 0.3 is 6.03 Å². The lowest BCUT2D eigenvalue weighted by Crippen LogP contribution is -2.41. The van der Waals surface area contributed by atoms with Crippen LogP contribution in [0.4, 0.5) is 4.79 Å². The van der Waals surface area contributed by atoms with Crippen molar-refractivity contribution in [2.45, 2.75) is 39.3 Å². The van der Waals surface area contributed by atoms with Gasteiger partial charge in [-0.15, -0.1) is 6.58 Å². The number of ether oxygens (including phenoxy) is 1. The van der Waals surface area contributed by atoms with E-state index >= 15 is 0 Å². The third-order valence-corrected chi connectivity index (χ3v) is 3.19. The minimum atomic E-state index is -0.191. The van der Waals surface area contributed by atoms with E-state index < -0.39 is 0 Å². The van der Waals surface area contributed by atoms with Crippen molar-refractivity contribution < 1.29 is 9.53 Å². The molecule has 1 rings (SSSR count). The van der Waals surface area contributed by atoms with Crippen LogP contribution in [0.2, 0.25) is 0 Å². The third-order valence-electron chi connectivity index (χ3n) is 3.19. The zero-order valence-corrected chi connectivity index (χ0v) is 12.7. The smallest absolute Gasteiger partial charge is 0.315 e. The van der Waals surface area contributed by atoms with Gasteiger partial charge in [-0.05, 0) is 19.8 Å². The highest BCUT2D eigenvalue weighted by Gasteiger charge is 2.15. The monoisotopic (exact) mass is 280 g/mol. The minimum absolute atomic E-state index is 0.115. The molecule has 1 aromatic heterocycles. The van der Waals surface area contributed by atoms with Crippen molar-refractivity contribution in [1.82, 2.24) is 20.4 Å². The van der Waals surface area contributed by atoms with Crippen molar-refractivity contribution >= 4 is 6.03 Å². The SMILES string of the molecule is C=CCC(CC)NC(=O)NCc1c(C)nn(C)c1OC. The van der Waals surface area contributed by atoms with Gasteiger partial charge < -0.3 is 15.4 Å². The van der Waals surface area contributed by atoms with E-state index in [2.05, 4.69) is 22.3 Å². The molecule has 0 fully saturated rings. The van der Waals surface area contributed by atoms with Gasteiger partial charge in [0.05, 0.1) is 24.9 Å². The van der Waals surface area contributed by atoms with Crippen LogP contribution in [0.15, 0.2) is 12.7 Å². The second-order valence-electron chi connectivity index (χ2n) is 4.65. The number of urea groups is 1. The Hall–Kier alpha value is -1.98. The Bertz CT molecular complexity index is 468. The molecule has 1 unspecified atom stereocenters. The molecule has 20 heavy (non-hydrogen) atoms. The van der Waals surface area contributed by atoms with Crippen LogP contribution in [0, 0.1) is 6.92 Å². The molecule has 1 atom stereocenters. The van der Waals surface area contributed by atoms with Gasteiger partial charge in [0.15, 0.2) is 0 Å². The van der Waals surface area contributed by atoms with Crippen molar-refractivity contribution in [2.24, 2.45) is 7.05 Å². The molecule has 112 valence electrons. The number of nitrogens with one attached hydrogen (secondary N) is 2. The number of aromatic nitrogens is 2. The second kappa shape index (κ2) is 7.57. The van der Waals surface area contributed by atoms with Crippen LogP contribution in [-0.4, -0.2) is 29.0 Å². The maximum atomic E-state index is 11.9. The number of carbonyl (C=O) groups excluding carboxylic acids is 1. The van der Waals surface area contributed by atoms with Crippen LogP contribution in [0.25, 0.3) is 0 Å². The highest BCUT2D eigenvalue weighted by Crippen LogP contribution is 2.20. The zero-order valence-electron chi connectivity index (χ0n) is 12.7.